The summed E-state index contributed by atoms with van der Waals surface area (Å²) in [6, 6.07) is 10.9. The maximum atomic E-state index is 14.1. The summed E-state index contributed by atoms with van der Waals surface area (Å²) in [7, 11) is 0. The van der Waals surface area contributed by atoms with E-state index in [2.05, 4.69) is 6.92 Å². The lowest BCUT2D eigenvalue weighted by Gasteiger charge is -2.25. The molecule has 0 bridgehead atoms. The van der Waals surface area contributed by atoms with Crippen molar-refractivity contribution in [1.29, 1.82) is 0 Å². The fourth-order valence-electron chi connectivity index (χ4n) is 3.74. The number of nitrogens with zero attached hydrogens (tertiary/aromatic N) is 2. The third-order valence-electron chi connectivity index (χ3n) is 5.18. The van der Waals surface area contributed by atoms with Crippen LogP contribution in [0.3, 0.4) is 0 Å². The van der Waals surface area contributed by atoms with E-state index in [1.54, 1.807) is 16.7 Å². The first kappa shape index (κ1) is 18.9. The number of carbonyl (C=O) groups excluding carboxylic acids is 2. The molecule has 2 aromatic carbocycles. The molecule has 2 atom stereocenters. The van der Waals surface area contributed by atoms with E-state index in [-0.39, 0.29) is 30.5 Å². The monoisotopic (exact) mass is 402 g/mol. The Hall–Kier alpha value is -2.41. The minimum atomic E-state index is -0.799. The van der Waals surface area contributed by atoms with Crippen molar-refractivity contribution in [2.75, 3.05) is 22.9 Å². The Morgan fingerprint density at radius 2 is 1.93 bits per heavy atom. The lowest BCUT2D eigenvalue weighted by molar-refractivity contribution is -0.124. The van der Waals surface area contributed by atoms with Gasteiger partial charge in [-0.15, -0.1) is 11.8 Å². The van der Waals surface area contributed by atoms with Gasteiger partial charge in [0.1, 0.15) is 11.6 Å². The largest absolute Gasteiger partial charge is 0.311 e. The van der Waals surface area contributed by atoms with Crippen LogP contribution in [0.2, 0.25) is 0 Å². The maximum absolute atomic E-state index is 14.1. The van der Waals surface area contributed by atoms with Gasteiger partial charge in [0.25, 0.3) is 0 Å². The summed E-state index contributed by atoms with van der Waals surface area (Å²) in [5, 5.41) is 0.383. The zero-order chi connectivity index (χ0) is 19.8. The second kappa shape index (κ2) is 7.54. The van der Waals surface area contributed by atoms with E-state index in [1.165, 1.54) is 11.0 Å². The van der Waals surface area contributed by atoms with Crippen LogP contribution in [0.15, 0.2) is 47.4 Å². The summed E-state index contributed by atoms with van der Waals surface area (Å²) in [5.41, 5.74) is 0.878. The molecule has 2 aliphatic heterocycles. The molecule has 28 heavy (non-hydrogen) atoms. The van der Waals surface area contributed by atoms with Crippen molar-refractivity contribution in [3.8, 4) is 0 Å². The first-order valence-corrected chi connectivity index (χ1v) is 10.1. The Balaban J connectivity index is 1.58. The van der Waals surface area contributed by atoms with Gasteiger partial charge in [0.15, 0.2) is 0 Å². The van der Waals surface area contributed by atoms with Crippen molar-refractivity contribution in [3.05, 3.63) is 54.1 Å². The average Bonchev–Trinajstić information content (AvgIpc) is 2.95. The van der Waals surface area contributed by atoms with E-state index >= 15 is 0 Å². The molecule has 7 heteroatoms. The van der Waals surface area contributed by atoms with Crippen LogP contribution in [0.25, 0.3) is 0 Å². The van der Waals surface area contributed by atoms with E-state index in [1.807, 2.05) is 24.3 Å². The molecule has 146 valence electrons. The maximum Gasteiger partial charge on any atom is 0.232 e. The molecule has 2 amide bonds. The van der Waals surface area contributed by atoms with Gasteiger partial charge in [0, 0.05) is 35.7 Å². The Morgan fingerprint density at radius 1 is 1.14 bits per heavy atom. The third kappa shape index (κ3) is 3.51. The number of para-hydroxylation sites is 1. The summed E-state index contributed by atoms with van der Waals surface area (Å²) in [5.74, 6) is -2.50. The number of hydrogen-bond acceptors (Lipinski definition) is 3. The number of amides is 2. The van der Waals surface area contributed by atoms with Gasteiger partial charge >= 0.3 is 0 Å². The number of rotatable bonds is 2. The number of benzene rings is 2. The topological polar surface area (TPSA) is 40.6 Å². The smallest absolute Gasteiger partial charge is 0.232 e. The van der Waals surface area contributed by atoms with Crippen molar-refractivity contribution in [3.63, 3.8) is 0 Å². The third-order valence-corrected chi connectivity index (χ3v) is 6.42. The minimum absolute atomic E-state index is 0.0159. The van der Waals surface area contributed by atoms with Crippen LogP contribution in [0.4, 0.5) is 20.2 Å². The summed E-state index contributed by atoms with van der Waals surface area (Å²) < 4.78 is 27.3. The molecular weight excluding hydrogens is 382 g/mol. The molecular formula is C21H20F2N2O2S. The van der Waals surface area contributed by atoms with Crippen LogP contribution in [-0.4, -0.2) is 30.2 Å². The number of anilines is 2. The van der Waals surface area contributed by atoms with Crippen LogP contribution in [0.5, 0.6) is 0 Å². The standard InChI is InChI=1S/C21H20F2N2O2S/c1-13-8-9-24(18-4-2-3-5-19(18)28-13)21(27)14-10-20(26)25(12-14)17-7-6-15(22)11-16(17)23/h2-7,11,13-14H,8-10,12H2,1H3. The zero-order valence-electron chi connectivity index (χ0n) is 15.4. The van der Waals surface area contributed by atoms with Gasteiger partial charge in [-0.05, 0) is 30.7 Å². The number of hydrogen-bond donors (Lipinski definition) is 0. The lowest BCUT2D eigenvalue weighted by atomic mass is 10.1. The summed E-state index contributed by atoms with van der Waals surface area (Å²) in [6.07, 6.45) is 0.874. The molecule has 0 aliphatic carbocycles. The second-order valence-corrected chi connectivity index (χ2v) is 8.66. The molecule has 0 N–H and O–H groups in total. The molecule has 0 saturated carbocycles. The van der Waals surface area contributed by atoms with Crippen LogP contribution in [0, 0.1) is 17.6 Å². The molecule has 0 spiro atoms. The van der Waals surface area contributed by atoms with Gasteiger partial charge < -0.3 is 9.80 Å². The normalized spacial score (nSPS) is 22.2. The number of fused-ring (bicyclic) bond motifs is 1. The van der Waals surface area contributed by atoms with Crippen molar-refractivity contribution in [2.45, 2.75) is 29.9 Å². The number of halogens is 2. The van der Waals surface area contributed by atoms with Gasteiger partial charge in [-0.3, -0.25) is 9.59 Å². The van der Waals surface area contributed by atoms with Gasteiger partial charge in [-0.2, -0.15) is 0 Å². The Labute approximate surface area is 166 Å². The molecule has 1 fully saturated rings. The predicted molar refractivity (Wildman–Crippen MR) is 106 cm³/mol. The molecule has 2 unspecified atom stereocenters. The first-order chi connectivity index (χ1) is 13.4. The van der Waals surface area contributed by atoms with E-state index in [0.29, 0.717) is 11.8 Å². The predicted octanol–water partition coefficient (Wildman–Crippen LogP) is 4.24. The van der Waals surface area contributed by atoms with Gasteiger partial charge in [0.05, 0.1) is 17.3 Å². The fourth-order valence-corrected chi connectivity index (χ4v) is 4.86. The van der Waals surface area contributed by atoms with Gasteiger partial charge in [0.2, 0.25) is 11.8 Å². The number of thioether (sulfide) groups is 1. The summed E-state index contributed by atoms with van der Waals surface area (Å²) >= 11 is 1.74. The molecule has 2 aliphatic rings. The lowest BCUT2D eigenvalue weighted by Crippen LogP contribution is -2.38. The Morgan fingerprint density at radius 3 is 2.71 bits per heavy atom. The van der Waals surface area contributed by atoms with E-state index in [9.17, 15) is 18.4 Å². The number of carbonyl (C=O) groups is 2. The van der Waals surface area contributed by atoms with Crippen molar-refractivity contribution < 1.29 is 18.4 Å². The van der Waals surface area contributed by atoms with Crippen molar-refractivity contribution in [1.82, 2.24) is 0 Å². The molecule has 1 saturated heterocycles. The highest BCUT2D eigenvalue weighted by atomic mass is 32.2. The van der Waals surface area contributed by atoms with E-state index in [4.69, 9.17) is 0 Å². The highest BCUT2D eigenvalue weighted by molar-refractivity contribution is 8.00. The quantitative estimate of drug-likeness (QED) is 0.755. The SMILES string of the molecule is CC1CCN(C(=O)C2CC(=O)N(c3ccc(F)cc3F)C2)c2ccccc2S1. The molecule has 4 nitrogen and oxygen atoms in total. The Bertz CT molecular complexity index is 936. The van der Waals surface area contributed by atoms with E-state index in [0.717, 1.165) is 29.1 Å². The van der Waals surface area contributed by atoms with Crippen LogP contribution < -0.4 is 9.80 Å². The molecule has 2 aromatic rings. The molecule has 2 heterocycles. The minimum Gasteiger partial charge on any atom is -0.311 e. The first-order valence-electron chi connectivity index (χ1n) is 9.26. The summed E-state index contributed by atoms with van der Waals surface area (Å²) in [6.45, 7) is 2.81. The zero-order valence-corrected chi connectivity index (χ0v) is 16.2. The average molecular weight is 402 g/mol. The summed E-state index contributed by atoms with van der Waals surface area (Å²) in [4.78, 5) is 29.8. The van der Waals surface area contributed by atoms with Gasteiger partial charge in [-0.1, -0.05) is 19.1 Å². The van der Waals surface area contributed by atoms with Crippen molar-refractivity contribution in [2.24, 2.45) is 5.92 Å². The fraction of sp³-hybridized carbons (Fsp3) is 0.333. The van der Waals surface area contributed by atoms with E-state index < -0.39 is 17.6 Å². The van der Waals surface area contributed by atoms with Crippen LogP contribution in [-0.2, 0) is 9.59 Å². The van der Waals surface area contributed by atoms with Crippen molar-refractivity contribution >= 4 is 35.0 Å². The van der Waals surface area contributed by atoms with Crippen LogP contribution in [0.1, 0.15) is 19.8 Å². The second-order valence-electron chi connectivity index (χ2n) is 7.18. The van der Waals surface area contributed by atoms with Gasteiger partial charge in [-0.25, -0.2) is 8.78 Å². The highest BCUT2D eigenvalue weighted by Crippen LogP contribution is 2.39. The van der Waals surface area contributed by atoms with Crippen LogP contribution >= 0.6 is 11.8 Å². The Kier molecular flexibility index (Phi) is 5.10. The molecule has 4 rings (SSSR count). The highest BCUT2D eigenvalue weighted by Gasteiger charge is 2.39. The molecule has 0 radical (unpaired) electrons. The molecule has 0 aromatic heterocycles.